The van der Waals surface area contributed by atoms with Crippen LogP contribution in [0.3, 0.4) is 0 Å². The third-order valence-electron chi connectivity index (χ3n) is 12.6. The summed E-state index contributed by atoms with van der Waals surface area (Å²) in [5.74, 6) is 1.55. The van der Waals surface area contributed by atoms with Gasteiger partial charge in [-0.15, -0.1) is 41.6 Å². The van der Waals surface area contributed by atoms with Gasteiger partial charge in [0.2, 0.25) is 0 Å². The Bertz CT molecular complexity index is 2570. The first-order valence-corrected chi connectivity index (χ1v) is 23.2. The number of unbranched alkanes of at least 4 members (excludes halogenated alkanes) is 2. The first kappa shape index (κ1) is 39.0. The quantitative estimate of drug-likeness (QED) is 0.101. The van der Waals surface area contributed by atoms with Gasteiger partial charge >= 0.3 is 0 Å². The Balaban J connectivity index is 0.00000449. The summed E-state index contributed by atoms with van der Waals surface area (Å²) in [5.41, 5.74) is 9.96. The van der Waals surface area contributed by atoms with Gasteiger partial charge in [-0.05, 0) is 82.7 Å². The molecule has 0 unspecified atom stereocenters. The fraction of sp³-hybridized carbons (Fsp3) is 0.192. The number of para-hydroxylation sites is 4. The van der Waals surface area contributed by atoms with Crippen LogP contribution in [0, 0.1) is 18.8 Å². The average Bonchev–Trinajstić information content (AvgIpc) is 3.63. The molecule has 298 valence electrons. The first-order chi connectivity index (χ1) is 28.6. The summed E-state index contributed by atoms with van der Waals surface area (Å²) >= 11 is 0. The third kappa shape index (κ3) is 6.17. The van der Waals surface area contributed by atoms with E-state index in [-0.39, 0.29) is 20.4 Å². The second-order valence-corrected chi connectivity index (χ2v) is 20.1. The largest absolute Gasteiger partial charge is 0.513 e. The minimum Gasteiger partial charge on any atom is -0.513 e. The fourth-order valence-electron chi connectivity index (χ4n) is 9.98. The molecule has 0 radical (unpaired) electrons. The normalized spacial score (nSPS) is 15.2. The van der Waals surface area contributed by atoms with Crippen molar-refractivity contribution in [1.82, 2.24) is 4.98 Å². The molecular weight excluding hydrogens is 831 g/mol. The number of hydrogen-bond acceptors (Lipinski definition) is 5. The molecule has 0 saturated carbocycles. The van der Waals surface area contributed by atoms with E-state index >= 15 is 0 Å². The van der Waals surface area contributed by atoms with Crippen molar-refractivity contribution in [2.24, 2.45) is 0 Å². The number of ether oxygens (including phenoxy) is 1. The molecule has 7 aromatic rings. The first-order valence-electron chi connectivity index (χ1n) is 20.8. The van der Waals surface area contributed by atoms with Crippen molar-refractivity contribution in [3.05, 3.63) is 193 Å². The number of fused-ring (bicyclic) bond motifs is 5. The smallest absolute Gasteiger partial charge is 0.134 e. The predicted molar refractivity (Wildman–Crippen MR) is 241 cm³/mol. The maximum Gasteiger partial charge on any atom is 0.134 e. The number of benzene rings is 6. The molecule has 0 spiro atoms. The van der Waals surface area contributed by atoms with Crippen molar-refractivity contribution >= 4 is 52.6 Å². The van der Waals surface area contributed by atoms with Crippen molar-refractivity contribution < 1.29 is 25.2 Å². The van der Waals surface area contributed by atoms with Crippen LogP contribution in [-0.4, -0.2) is 20.1 Å². The summed E-state index contributed by atoms with van der Waals surface area (Å²) < 4.78 is 6.74. The van der Waals surface area contributed by atoms with Crippen LogP contribution < -0.4 is 29.8 Å². The van der Waals surface area contributed by atoms with E-state index < -0.39 is 13.5 Å². The Kier molecular flexibility index (Phi) is 10.6. The number of aromatic nitrogens is 1. The molecule has 10 rings (SSSR count). The van der Waals surface area contributed by atoms with Crippen LogP contribution >= 0.6 is 0 Å². The second-order valence-electron chi connectivity index (χ2n) is 15.8. The minimum absolute atomic E-state index is 0. The molecule has 0 saturated heterocycles. The van der Waals surface area contributed by atoms with Crippen molar-refractivity contribution in [1.29, 1.82) is 0 Å². The van der Waals surface area contributed by atoms with E-state index in [4.69, 9.17) is 9.72 Å². The van der Waals surface area contributed by atoms with E-state index in [1.165, 1.54) is 48.9 Å². The minimum atomic E-state index is -2.20. The van der Waals surface area contributed by atoms with Gasteiger partial charge in [-0.2, -0.15) is 18.8 Å². The number of anilines is 6. The van der Waals surface area contributed by atoms with Crippen LogP contribution in [0.4, 0.5) is 34.1 Å². The summed E-state index contributed by atoms with van der Waals surface area (Å²) in [5, 5.41) is 3.08. The van der Waals surface area contributed by atoms with E-state index in [1.807, 2.05) is 24.4 Å². The molecule has 0 bridgehead atoms. The van der Waals surface area contributed by atoms with Gasteiger partial charge in [0, 0.05) is 43.7 Å². The van der Waals surface area contributed by atoms with Gasteiger partial charge in [0.15, 0.2) is 0 Å². The zero-order valence-electron chi connectivity index (χ0n) is 33.8. The van der Waals surface area contributed by atoms with E-state index in [1.54, 1.807) is 10.4 Å². The molecule has 5 nitrogen and oxygen atoms in total. The summed E-state index contributed by atoms with van der Waals surface area (Å²) in [6, 6.07) is 63.1. The maximum absolute atomic E-state index is 6.74. The summed E-state index contributed by atoms with van der Waals surface area (Å²) in [4.78, 5) is 11.9. The summed E-state index contributed by atoms with van der Waals surface area (Å²) in [6.07, 6.45) is 6.76. The van der Waals surface area contributed by atoms with Gasteiger partial charge in [0.1, 0.15) is 13.8 Å². The van der Waals surface area contributed by atoms with Crippen molar-refractivity contribution in [2.45, 2.75) is 57.0 Å². The van der Waals surface area contributed by atoms with Crippen LogP contribution in [0.25, 0.3) is 0 Å². The Morgan fingerprint density at radius 1 is 0.627 bits per heavy atom. The molecule has 3 aliphatic heterocycles. The number of rotatable bonds is 10. The Morgan fingerprint density at radius 3 is 1.95 bits per heavy atom. The van der Waals surface area contributed by atoms with Crippen LogP contribution in [0.1, 0.15) is 61.9 Å². The molecule has 59 heavy (non-hydrogen) atoms. The Labute approximate surface area is 364 Å². The summed E-state index contributed by atoms with van der Waals surface area (Å²) in [7, 11) is -0.115. The monoisotopic (exact) mass is 877 g/mol. The topological polar surface area (TPSA) is 31.8 Å². The van der Waals surface area contributed by atoms with E-state index in [9.17, 15) is 0 Å². The van der Waals surface area contributed by atoms with Crippen molar-refractivity contribution in [3.8, 4) is 11.5 Å². The zero-order valence-corrected chi connectivity index (χ0v) is 36.3. The van der Waals surface area contributed by atoms with Gasteiger partial charge in [-0.3, -0.25) is 4.98 Å². The SMILES string of the molecule is CCCC[Si]1(CCCC)c2ccccc2C(c2[c-]c3c(cc2)Oc2ccccc2N3c2[c-]c(N3[CH-]N(C)c4ccccc43)ccc2)(c2ccccn2)c2ccccc21.[Pd]. The van der Waals surface area contributed by atoms with Gasteiger partial charge in [-0.1, -0.05) is 124 Å². The number of hydrogen-bond donors (Lipinski definition) is 0. The molecular formula is C52H47N4OPdSi-3. The molecule has 0 aliphatic carbocycles. The Morgan fingerprint density at radius 2 is 1.25 bits per heavy atom. The number of nitrogens with zero attached hydrogens (tertiary/aromatic N) is 4. The summed E-state index contributed by atoms with van der Waals surface area (Å²) in [6.45, 7) is 6.80. The van der Waals surface area contributed by atoms with Gasteiger partial charge < -0.3 is 19.4 Å². The molecule has 6 aromatic carbocycles. The van der Waals surface area contributed by atoms with Crippen LogP contribution in [0.5, 0.6) is 11.5 Å². The van der Waals surface area contributed by atoms with E-state index in [0.717, 1.165) is 56.9 Å². The van der Waals surface area contributed by atoms with Crippen molar-refractivity contribution in [3.63, 3.8) is 0 Å². The molecule has 0 amide bonds. The van der Waals surface area contributed by atoms with E-state index in [2.05, 4.69) is 182 Å². The van der Waals surface area contributed by atoms with Crippen LogP contribution in [0.15, 0.2) is 152 Å². The third-order valence-corrected chi connectivity index (χ3v) is 17.9. The molecule has 0 atom stereocenters. The van der Waals surface area contributed by atoms with E-state index in [0.29, 0.717) is 0 Å². The molecule has 3 aliphatic rings. The number of pyridine rings is 1. The van der Waals surface area contributed by atoms with Crippen LogP contribution in [0.2, 0.25) is 12.1 Å². The predicted octanol–water partition coefficient (Wildman–Crippen LogP) is 11.8. The molecule has 7 heteroatoms. The van der Waals surface area contributed by atoms with Crippen molar-refractivity contribution in [2.75, 3.05) is 21.7 Å². The van der Waals surface area contributed by atoms with Gasteiger partial charge in [-0.25, -0.2) is 0 Å². The van der Waals surface area contributed by atoms with Gasteiger partial charge in [0.25, 0.3) is 0 Å². The Hall–Kier alpha value is -5.45. The van der Waals surface area contributed by atoms with Crippen LogP contribution in [-0.2, 0) is 25.8 Å². The zero-order chi connectivity index (χ0) is 39.3. The average molecular weight is 878 g/mol. The molecule has 4 heterocycles. The fourth-order valence-corrected chi connectivity index (χ4v) is 15.9. The maximum atomic E-state index is 6.74. The molecule has 0 fully saturated rings. The second kappa shape index (κ2) is 16.0. The molecule has 0 N–H and O–H groups in total. The van der Waals surface area contributed by atoms with Gasteiger partial charge in [0.05, 0.1) is 16.8 Å². The molecule has 1 aromatic heterocycles. The standard InChI is InChI=1S/C52H47N4OSi.Pd/c1-4-6-33-58(34-7-5-2)49-27-14-8-21-41(49)52(51-29-16-17-32-53-51,42-22-9-15-28-50(42)58)38-30-31-48-46(35-38)56(45-25-12-13-26-47(45)57-48)40-20-18-19-39(36-40)55-37-54(3)43-23-10-11-24-44(43)55;/h8-32,37H,4-7,33-34H2,1-3H3;/q-3;.